The molecule has 0 aliphatic carbocycles. The monoisotopic (exact) mass is 269 g/mol. The molecule has 108 valence electrons. The van der Waals surface area contributed by atoms with Gasteiger partial charge in [-0.3, -0.25) is 4.79 Å². The van der Waals surface area contributed by atoms with E-state index in [0.29, 0.717) is 4.90 Å². The van der Waals surface area contributed by atoms with Gasteiger partial charge in [-0.25, -0.2) is 0 Å². The molecule has 0 fully saturated rings. The van der Waals surface area contributed by atoms with E-state index in [1.165, 1.54) is 0 Å². The molecule has 18 heavy (non-hydrogen) atoms. The van der Waals surface area contributed by atoms with Crippen LogP contribution >= 0.6 is 0 Å². The Labute approximate surface area is 106 Å². The van der Waals surface area contributed by atoms with Crippen molar-refractivity contribution >= 4 is 5.91 Å². The maximum atomic E-state index is 12.3. The van der Waals surface area contributed by atoms with Crippen LogP contribution in [0.1, 0.15) is 34.1 Å². The number of alkyl halides is 3. The van der Waals surface area contributed by atoms with Gasteiger partial charge < -0.3 is 10.0 Å². The summed E-state index contributed by atoms with van der Waals surface area (Å²) in [4.78, 5) is 12.5. The van der Waals surface area contributed by atoms with E-state index in [1.54, 1.807) is 0 Å². The van der Waals surface area contributed by atoms with Crippen molar-refractivity contribution < 1.29 is 23.1 Å². The second-order valence-electron chi connectivity index (χ2n) is 5.63. The minimum absolute atomic E-state index is 0.0283. The Morgan fingerprint density at radius 2 is 1.78 bits per heavy atom. The van der Waals surface area contributed by atoms with E-state index in [9.17, 15) is 18.0 Å². The molecule has 0 aliphatic heterocycles. The van der Waals surface area contributed by atoms with Crippen molar-refractivity contribution in [1.29, 1.82) is 0 Å². The average molecular weight is 269 g/mol. The molecule has 1 atom stereocenters. The number of hydrogen-bond acceptors (Lipinski definition) is 2. The summed E-state index contributed by atoms with van der Waals surface area (Å²) in [5.74, 6) is -0.594. The second kappa shape index (κ2) is 6.41. The summed E-state index contributed by atoms with van der Waals surface area (Å²) in [6, 6.07) is 0. The number of carbonyl (C=O) groups excluding carboxylic acids is 1. The Bertz CT molecular complexity index is 271. The predicted molar refractivity (Wildman–Crippen MR) is 63.0 cm³/mol. The van der Waals surface area contributed by atoms with Crippen LogP contribution in [0.25, 0.3) is 0 Å². The van der Waals surface area contributed by atoms with Gasteiger partial charge in [0.15, 0.2) is 0 Å². The highest BCUT2D eigenvalue weighted by Crippen LogP contribution is 2.29. The van der Waals surface area contributed by atoms with Crippen molar-refractivity contribution in [2.45, 2.75) is 40.3 Å². The summed E-state index contributed by atoms with van der Waals surface area (Å²) in [6.07, 6.45) is -4.38. The third kappa shape index (κ3) is 6.83. The lowest BCUT2D eigenvalue weighted by molar-refractivity contribution is -0.163. The molecule has 0 saturated carbocycles. The highest BCUT2D eigenvalue weighted by Gasteiger charge is 2.34. The lowest BCUT2D eigenvalue weighted by atomic mass is 9.80. The fraction of sp³-hybridized carbons (Fsp3) is 0.917. The van der Waals surface area contributed by atoms with Crippen LogP contribution < -0.4 is 0 Å². The first-order valence-corrected chi connectivity index (χ1v) is 5.92. The van der Waals surface area contributed by atoms with E-state index in [-0.39, 0.29) is 24.3 Å². The van der Waals surface area contributed by atoms with Gasteiger partial charge in [-0.1, -0.05) is 27.7 Å². The Morgan fingerprint density at radius 1 is 1.28 bits per heavy atom. The zero-order valence-electron chi connectivity index (χ0n) is 11.3. The lowest BCUT2D eigenvalue weighted by Gasteiger charge is -2.30. The van der Waals surface area contributed by atoms with E-state index in [2.05, 4.69) is 0 Å². The molecule has 0 radical (unpaired) electrons. The van der Waals surface area contributed by atoms with E-state index in [4.69, 9.17) is 5.11 Å². The summed E-state index contributed by atoms with van der Waals surface area (Å²) in [5, 5.41) is 8.72. The summed E-state index contributed by atoms with van der Waals surface area (Å²) in [5.41, 5.74) is -0.140. The molecule has 0 heterocycles. The zero-order valence-corrected chi connectivity index (χ0v) is 11.3. The second-order valence-corrected chi connectivity index (χ2v) is 5.63. The minimum Gasteiger partial charge on any atom is -0.395 e. The fourth-order valence-electron chi connectivity index (χ4n) is 1.33. The molecule has 3 nitrogen and oxygen atoms in total. The van der Waals surface area contributed by atoms with E-state index in [0.717, 1.165) is 0 Å². The van der Waals surface area contributed by atoms with Gasteiger partial charge in [-0.05, 0) is 11.3 Å². The Kier molecular flexibility index (Phi) is 6.13. The molecule has 0 aromatic heterocycles. The molecule has 0 aliphatic rings. The van der Waals surface area contributed by atoms with E-state index < -0.39 is 25.2 Å². The van der Waals surface area contributed by atoms with Crippen LogP contribution in [-0.4, -0.2) is 41.8 Å². The first-order chi connectivity index (χ1) is 7.97. The number of amides is 1. The number of halogens is 3. The Hall–Kier alpha value is -0.780. The van der Waals surface area contributed by atoms with Gasteiger partial charge in [-0.15, -0.1) is 0 Å². The van der Waals surface area contributed by atoms with E-state index >= 15 is 0 Å². The van der Waals surface area contributed by atoms with Gasteiger partial charge in [0.2, 0.25) is 5.91 Å². The van der Waals surface area contributed by atoms with Gasteiger partial charge in [0.1, 0.15) is 6.54 Å². The molecule has 0 bridgehead atoms. The fourth-order valence-corrected chi connectivity index (χ4v) is 1.33. The van der Waals surface area contributed by atoms with Gasteiger partial charge in [0, 0.05) is 13.0 Å². The summed E-state index contributed by atoms with van der Waals surface area (Å²) >= 11 is 0. The van der Waals surface area contributed by atoms with Crippen LogP contribution in [0.2, 0.25) is 0 Å². The molecular weight excluding hydrogens is 247 g/mol. The van der Waals surface area contributed by atoms with Gasteiger partial charge in [0.05, 0.1) is 6.61 Å². The lowest BCUT2D eigenvalue weighted by Crippen LogP contribution is -2.41. The SMILES string of the molecule is CC(CC(=O)N(CCO)CC(F)(F)F)C(C)(C)C. The minimum atomic E-state index is -4.43. The molecule has 6 heteroatoms. The van der Waals surface area contributed by atoms with Crippen LogP contribution in [0.15, 0.2) is 0 Å². The Balaban J connectivity index is 4.58. The summed E-state index contributed by atoms with van der Waals surface area (Å²) in [6.45, 7) is 5.59. The largest absolute Gasteiger partial charge is 0.406 e. The zero-order chi connectivity index (χ0) is 14.6. The van der Waals surface area contributed by atoms with Crippen molar-refractivity contribution in [1.82, 2.24) is 4.90 Å². The predicted octanol–water partition coefficient (Wildman–Crippen LogP) is 2.44. The quantitative estimate of drug-likeness (QED) is 0.832. The third-order valence-corrected chi connectivity index (χ3v) is 3.05. The van der Waals surface area contributed by atoms with Crippen LogP contribution in [0.4, 0.5) is 13.2 Å². The normalized spacial score (nSPS) is 14.4. The first-order valence-electron chi connectivity index (χ1n) is 5.92. The molecule has 0 rings (SSSR count). The van der Waals surface area contributed by atoms with Gasteiger partial charge in [-0.2, -0.15) is 13.2 Å². The number of aliphatic hydroxyl groups excluding tert-OH is 1. The van der Waals surface area contributed by atoms with Crippen LogP contribution in [-0.2, 0) is 4.79 Å². The maximum Gasteiger partial charge on any atom is 0.406 e. The highest BCUT2D eigenvalue weighted by molar-refractivity contribution is 5.76. The molecule has 0 spiro atoms. The Morgan fingerprint density at radius 3 is 2.11 bits per heavy atom. The molecule has 1 amide bonds. The first kappa shape index (κ1) is 17.2. The third-order valence-electron chi connectivity index (χ3n) is 3.05. The van der Waals surface area contributed by atoms with Crippen LogP contribution in [0, 0.1) is 11.3 Å². The van der Waals surface area contributed by atoms with Crippen molar-refractivity contribution in [3.63, 3.8) is 0 Å². The van der Waals surface area contributed by atoms with E-state index in [1.807, 2.05) is 27.7 Å². The molecule has 1 N–H and O–H groups in total. The average Bonchev–Trinajstić information content (AvgIpc) is 2.13. The number of aliphatic hydroxyl groups is 1. The van der Waals surface area contributed by atoms with Gasteiger partial charge in [0.25, 0.3) is 0 Å². The number of nitrogens with zero attached hydrogens (tertiary/aromatic N) is 1. The number of carbonyl (C=O) groups is 1. The number of rotatable bonds is 5. The van der Waals surface area contributed by atoms with Crippen LogP contribution in [0.3, 0.4) is 0 Å². The molecule has 0 aromatic carbocycles. The summed E-state index contributed by atoms with van der Waals surface area (Å²) < 4.78 is 36.9. The molecule has 1 unspecified atom stereocenters. The van der Waals surface area contributed by atoms with Crippen molar-refractivity contribution in [3.8, 4) is 0 Å². The highest BCUT2D eigenvalue weighted by atomic mass is 19.4. The molecule has 0 saturated heterocycles. The molecular formula is C12H22F3NO2. The molecule has 0 aromatic rings. The standard InChI is InChI=1S/C12H22F3NO2/c1-9(11(2,3)4)7-10(18)16(5-6-17)8-12(13,14)15/h9,17H,5-8H2,1-4H3. The van der Waals surface area contributed by atoms with Gasteiger partial charge >= 0.3 is 6.18 Å². The van der Waals surface area contributed by atoms with Crippen molar-refractivity contribution in [2.75, 3.05) is 19.7 Å². The van der Waals surface area contributed by atoms with Crippen molar-refractivity contribution in [3.05, 3.63) is 0 Å². The summed E-state index contributed by atoms with van der Waals surface area (Å²) in [7, 11) is 0. The van der Waals surface area contributed by atoms with Crippen LogP contribution in [0.5, 0.6) is 0 Å². The van der Waals surface area contributed by atoms with Crippen molar-refractivity contribution in [2.24, 2.45) is 11.3 Å². The number of hydrogen-bond donors (Lipinski definition) is 1. The maximum absolute atomic E-state index is 12.3. The topological polar surface area (TPSA) is 40.5 Å². The smallest absolute Gasteiger partial charge is 0.395 e.